The van der Waals surface area contributed by atoms with Gasteiger partial charge in [0.1, 0.15) is 0 Å². The van der Waals surface area contributed by atoms with Gasteiger partial charge < -0.3 is 5.11 Å². The largest absolute Gasteiger partial charge is 0.390 e. The van der Waals surface area contributed by atoms with Crippen LogP contribution in [0.5, 0.6) is 0 Å². The molecule has 2 rings (SSSR count). The highest BCUT2D eigenvalue weighted by atomic mass is 16.3. The third kappa shape index (κ3) is 2.18. The first-order chi connectivity index (χ1) is 7.93. The molecule has 0 saturated carbocycles. The molecule has 0 unspecified atom stereocenters. The van der Waals surface area contributed by atoms with Gasteiger partial charge in [-0.25, -0.2) is 0 Å². The number of rotatable bonds is 1. The van der Waals surface area contributed by atoms with E-state index in [-0.39, 0.29) is 12.0 Å². The zero-order valence-electron chi connectivity index (χ0n) is 10.9. The third-order valence-corrected chi connectivity index (χ3v) is 3.07. The van der Waals surface area contributed by atoms with E-state index in [2.05, 4.69) is 50.9 Å². The van der Waals surface area contributed by atoms with Gasteiger partial charge in [-0.2, -0.15) is 0 Å². The minimum atomic E-state index is -0.00471. The molecule has 0 aliphatic carbocycles. The molecule has 1 heterocycles. The fourth-order valence-electron chi connectivity index (χ4n) is 2.17. The molecule has 0 bridgehead atoms. The Morgan fingerprint density at radius 1 is 1.24 bits per heavy atom. The molecule has 0 fully saturated rings. The second kappa shape index (κ2) is 4.11. The minimum absolute atomic E-state index is 0.00471. The Morgan fingerprint density at radius 2 is 1.94 bits per heavy atom. The van der Waals surface area contributed by atoms with Crippen molar-refractivity contribution in [2.75, 3.05) is 0 Å². The minimum Gasteiger partial charge on any atom is -0.390 e. The molecule has 0 spiro atoms. The number of pyridine rings is 1. The SMILES string of the molecule is Cc1cc(CO)nc2c(C(C)(C)C)cccc12. The number of nitrogens with zero attached hydrogens (tertiary/aromatic N) is 1. The summed E-state index contributed by atoms with van der Waals surface area (Å²) in [6.45, 7) is 8.62. The number of aromatic nitrogens is 1. The van der Waals surface area contributed by atoms with Gasteiger partial charge in [0.05, 0.1) is 17.8 Å². The van der Waals surface area contributed by atoms with E-state index in [4.69, 9.17) is 0 Å². The van der Waals surface area contributed by atoms with E-state index in [1.807, 2.05) is 6.07 Å². The van der Waals surface area contributed by atoms with Gasteiger partial charge in [-0.15, -0.1) is 0 Å². The van der Waals surface area contributed by atoms with Crippen LogP contribution in [0.3, 0.4) is 0 Å². The molecule has 2 nitrogen and oxygen atoms in total. The van der Waals surface area contributed by atoms with Crippen molar-refractivity contribution in [2.24, 2.45) is 0 Å². The van der Waals surface area contributed by atoms with E-state index in [0.717, 1.165) is 11.2 Å². The second-order valence-electron chi connectivity index (χ2n) is 5.54. The van der Waals surface area contributed by atoms with Crippen LogP contribution in [-0.4, -0.2) is 10.1 Å². The van der Waals surface area contributed by atoms with Crippen LogP contribution in [0.15, 0.2) is 24.3 Å². The average Bonchev–Trinajstić information content (AvgIpc) is 2.26. The number of aryl methyl sites for hydroxylation is 1. The van der Waals surface area contributed by atoms with Crippen molar-refractivity contribution in [1.82, 2.24) is 4.98 Å². The van der Waals surface area contributed by atoms with Crippen LogP contribution in [0.4, 0.5) is 0 Å². The summed E-state index contributed by atoms with van der Waals surface area (Å²) < 4.78 is 0. The van der Waals surface area contributed by atoms with Crippen molar-refractivity contribution >= 4 is 10.9 Å². The van der Waals surface area contributed by atoms with Crippen molar-refractivity contribution in [3.63, 3.8) is 0 Å². The lowest BCUT2D eigenvalue weighted by molar-refractivity contribution is 0.277. The predicted molar refractivity (Wildman–Crippen MR) is 71.1 cm³/mol. The highest BCUT2D eigenvalue weighted by Gasteiger charge is 2.18. The van der Waals surface area contributed by atoms with E-state index < -0.39 is 0 Å². The van der Waals surface area contributed by atoms with Gasteiger partial charge in [0, 0.05) is 5.39 Å². The number of para-hydroxylation sites is 1. The fourth-order valence-corrected chi connectivity index (χ4v) is 2.17. The van der Waals surface area contributed by atoms with E-state index in [9.17, 15) is 5.11 Å². The van der Waals surface area contributed by atoms with Gasteiger partial charge in [-0.3, -0.25) is 4.98 Å². The van der Waals surface area contributed by atoms with Gasteiger partial charge in [-0.05, 0) is 29.5 Å². The van der Waals surface area contributed by atoms with Crippen molar-refractivity contribution in [3.05, 3.63) is 41.1 Å². The maximum atomic E-state index is 9.25. The maximum absolute atomic E-state index is 9.25. The summed E-state index contributed by atoms with van der Waals surface area (Å²) in [5.74, 6) is 0. The summed E-state index contributed by atoms with van der Waals surface area (Å²) in [5, 5.41) is 10.4. The Balaban J connectivity index is 2.83. The third-order valence-electron chi connectivity index (χ3n) is 3.07. The van der Waals surface area contributed by atoms with Crippen LogP contribution in [0, 0.1) is 6.92 Å². The first-order valence-electron chi connectivity index (χ1n) is 5.94. The van der Waals surface area contributed by atoms with Crippen molar-refractivity contribution in [3.8, 4) is 0 Å². The molecule has 0 atom stereocenters. The molecule has 0 radical (unpaired) electrons. The topological polar surface area (TPSA) is 33.1 Å². The van der Waals surface area contributed by atoms with Crippen LogP contribution in [0.25, 0.3) is 10.9 Å². The number of benzene rings is 1. The lowest BCUT2D eigenvalue weighted by Crippen LogP contribution is -2.12. The first-order valence-corrected chi connectivity index (χ1v) is 5.94. The maximum Gasteiger partial charge on any atom is 0.0853 e. The smallest absolute Gasteiger partial charge is 0.0853 e. The van der Waals surface area contributed by atoms with Gasteiger partial charge in [-0.1, -0.05) is 39.0 Å². The molecule has 0 amide bonds. The fraction of sp³-hybridized carbons (Fsp3) is 0.400. The van der Waals surface area contributed by atoms with Gasteiger partial charge >= 0.3 is 0 Å². The van der Waals surface area contributed by atoms with Crippen molar-refractivity contribution in [1.29, 1.82) is 0 Å². The van der Waals surface area contributed by atoms with Crippen LogP contribution >= 0.6 is 0 Å². The molecular formula is C15H19NO. The van der Waals surface area contributed by atoms with E-state index in [1.165, 1.54) is 16.5 Å². The lowest BCUT2D eigenvalue weighted by atomic mass is 9.85. The van der Waals surface area contributed by atoms with Crippen molar-refractivity contribution in [2.45, 2.75) is 39.7 Å². The highest BCUT2D eigenvalue weighted by Crippen LogP contribution is 2.30. The summed E-state index contributed by atoms with van der Waals surface area (Å²) in [5.41, 5.74) is 4.22. The number of aliphatic hydroxyl groups excluding tert-OH is 1. The summed E-state index contributed by atoms with van der Waals surface area (Å²) in [6.07, 6.45) is 0. The molecule has 1 aromatic carbocycles. The van der Waals surface area contributed by atoms with E-state index in [0.29, 0.717) is 0 Å². The Kier molecular flexibility index (Phi) is 2.92. The number of fused-ring (bicyclic) bond motifs is 1. The average molecular weight is 229 g/mol. The molecule has 0 saturated heterocycles. The molecule has 0 aliphatic heterocycles. The lowest BCUT2D eigenvalue weighted by Gasteiger charge is -2.21. The molecule has 17 heavy (non-hydrogen) atoms. The zero-order valence-corrected chi connectivity index (χ0v) is 10.9. The van der Waals surface area contributed by atoms with Gasteiger partial charge in [0.25, 0.3) is 0 Å². The van der Waals surface area contributed by atoms with Crippen LogP contribution in [0.2, 0.25) is 0 Å². The molecule has 1 aromatic heterocycles. The summed E-state index contributed by atoms with van der Waals surface area (Å²) in [4.78, 5) is 4.57. The standard InChI is InChI=1S/C15H19NO/c1-10-8-11(9-17)16-14-12(10)6-5-7-13(14)15(2,3)4/h5-8,17H,9H2,1-4H3. The van der Waals surface area contributed by atoms with E-state index in [1.54, 1.807) is 0 Å². The van der Waals surface area contributed by atoms with Crippen LogP contribution in [-0.2, 0) is 12.0 Å². The quantitative estimate of drug-likeness (QED) is 0.813. The summed E-state index contributed by atoms with van der Waals surface area (Å²) in [6, 6.07) is 8.25. The predicted octanol–water partition coefficient (Wildman–Crippen LogP) is 3.33. The number of hydrogen-bond acceptors (Lipinski definition) is 2. The number of hydrogen-bond donors (Lipinski definition) is 1. The van der Waals surface area contributed by atoms with Gasteiger partial charge in [0.2, 0.25) is 0 Å². The summed E-state index contributed by atoms with van der Waals surface area (Å²) >= 11 is 0. The molecule has 2 heteroatoms. The van der Waals surface area contributed by atoms with Gasteiger partial charge in [0.15, 0.2) is 0 Å². The molecular weight excluding hydrogens is 210 g/mol. The Bertz CT molecular complexity index is 553. The molecule has 2 aromatic rings. The van der Waals surface area contributed by atoms with E-state index >= 15 is 0 Å². The monoisotopic (exact) mass is 229 g/mol. The Morgan fingerprint density at radius 3 is 2.53 bits per heavy atom. The molecule has 1 N–H and O–H groups in total. The normalized spacial score (nSPS) is 12.1. The van der Waals surface area contributed by atoms with Crippen LogP contribution < -0.4 is 0 Å². The number of aliphatic hydroxyl groups is 1. The zero-order chi connectivity index (χ0) is 12.6. The Labute approximate surface area is 102 Å². The second-order valence-corrected chi connectivity index (χ2v) is 5.54. The molecule has 90 valence electrons. The summed E-state index contributed by atoms with van der Waals surface area (Å²) in [7, 11) is 0. The van der Waals surface area contributed by atoms with Crippen molar-refractivity contribution < 1.29 is 5.11 Å². The Hall–Kier alpha value is -1.41. The first kappa shape index (κ1) is 12.1. The van der Waals surface area contributed by atoms with Crippen LogP contribution in [0.1, 0.15) is 37.6 Å². The highest BCUT2D eigenvalue weighted by molar-refractivity contribution is 5.85. The molecule has 0 aliphatic rings.